The summed E-state index contributed by atoms with van der Waals surface area (Å²) in [5, 5.41) is -0.505. The first kappa shape index (κ1) is 9.49. The van der Waals surface area contributed by atoms with E-state index in [1.165, 1.54) is 13.0 Å². The van der Waals surface area contributed by atoms with Crippen LogP contribution in [0.3, 0.4) is 0 Å². The third-order valence-corrected chi connectivity index (χ3v) is 2.12. The summed E-state index contributed by atoms with van der Waals surface area (Å²) in [7, 11) is 0. The maximum Gasteiger partial charge on any atom is 0.252 e. The van der Waals surface area contributed by atoms with Crippen LogP contribution < -0.4 is 0 Å². The standard InChI is InChI=1S/C8H5Cl2FO/c1-4-6(9)2-5(8(10)12)3-7(4)11/h2-3H,1H3. The van der Waals surface area contributed by atoms with Crippen LogP contribution >= 0.6 is 23.2 Å². The molecule has 0 aliphatic rings. The molecule has 0 heterocycles. The second-order valence-corrected chi connectivity index (χ2v) is 3.09. The molecule has 0 unspecified atom stereocenters. The largest absolute Gasteiger partial charge is 0.276 e. The minimum atomic E-state index is -0.712. The summed E-state index contributed by atoms with van der Waals surface area (Å²) in [4.78, 5) is 10.6. The topological polar surface area (TPSA) is 17.1 Å². The first-order valence-corrected chi connectivity index (χ1v) is 3.93. The smallest absolute Gasteiger partial charge is 0.252 e. The lowest BCUT2D eigenvalue weighted by Gasteiger charge is -2.00. The normalized spacial score (nSPS) is 10.0. The van der Waals surface area contributed by atoms with Crippen molar-refractivity contribution in [3.05, 3.63) is 34.1 Å². The lowest BCUT2D eigenvalue weighted by Crippen LogP contribution is -1.93. The van der Waals surface area contributed by atoms with Crippen LogP contribution in [0.5, 0.6) is 0 Å². The quantitative estimate of drug-likeness (QED) is 0.646. The average Bonchev–Trinajstić information content (AvgIpc) is 1.99. The number of hydrogen-bond donors (Lipinski definition) is 0. The van der Waals surface area contributed by atoms with Crippen molar-refractivity contribution >= 4 is 28.4 Å². The lowest BCUT2D eigenvalue weighted by atomic mass is 10.1. The van der Waals surface area contributed by atoms with Gasteiger partial charge in [-0.15, -0.1) is 0 Å². The highest BCUT2D eigenvalue weighted by molar-refractivity contribution is 6.67. The Kier molecular flexibility index (Phi) is 2.70. The highest BCUT2D eigenvalue weighted by Gasteiger charge is 2.08. The fourth-order valence-electron chi connectivity index (χ4n) is 0.759. The minimum Gasteiger partial charge on any atom is -0.276 e. The molecule has 0 aliphatic heterocycles. The summed E-state index contributed by atoms with van der Waals surface area (Å²) in [5.74, 6) is -0.522. The van der Waals surface area contributed by atoms with E-state index in [1.54, 1.807) is 0 Å². The van der Waals surface area contributed by atoms with E-state index in [0.29, 0.717) is 5.56 Å². The van der Waals surface area contributed by atoms with Crippen molar-refractivity contribution in [3.8, 4) is 0 Å². The Hall–Kier alpha value is -0.600. The van der Waals surface area contributed by atoms with E-state index in [4.69, 9.17) is 23.2 Å². The zero-order valence-electron chi connectivity index (χ0n) is 6.20. The molecule has 0 N–H and O–H groups in total. The maximum atomic E-state index is 12.9. The van der Waals surface area contributed by atoms with Gasteiger partial charge >= 0.3 is 0 Å². The molecule has 1 nitrogen and oxygen atoms in total. The van der Waals surface area contributed by atoms with Gasteiger partial charge in [-0.1, -0.05) is 11.6 Å². The molecule has 0 saturated heterocycles. The van der Waals surface area contributed by atoms with Crippen LogP contribution in [0.2, 0.25) is 5.02 Å². The number of carbonyl (C=O) groups excluding carboxylic acids is 1. The van der Waals surface area contributed by atoms with Crippen molar-refractivity contribution in [1.29, 1.82) is 0 Å². The molecular weight excluding hydrogens is 202 g/mol. The third-order valence-electron chi connectivity index (χ3n) is 1.51. The van der Waals surface area contributed by atoms with Gasteiger partial charge in [0.15, 0.2) is 0 Å². The molecule has 64 valence electrons. The fourth-order valence-corrected chi connectivity index (χ4v) is 1.08. The SMILES string of the molecule is Cc1c(F)cc(C(=O)Cl)cc1Cl. The Morgan fingerprint density at radius 2 is 2.08 bits per heavy atom. The van der Waals surface area contributed by atoms with Crippen LogP contribution in [-0.2, 0) is 0 Å². The predicted molar refractivity (Wildman–Crippen MR) is 46.3 cm³/mol. The van der Waals surface area contributed by atoms with Gasteiger partial charge < -0.3 is 0 Å². The van der Waals surface area contributed by atoms with E-state index in [1.807, 2.05) is 0 Å². The van der Waals surface area contributed by atoms with Crippen molar-refractivity contribution < 1.29 is 9.18 Å². The number of rotatable bonds is 1. The van der Waals surface area contributed by atoms with Gasteiger partial charge in [0.05, 0.1) is 0 Å². The lowest BCUT2D eigenvalue weighted by molar-refractivity contribution is 0.108. The Labute approximate surface area is 79.1 Å². The molecule has 0 amide bonds. The van der Waals surface area contributed by atoms with Gasteiger partial charge in [-0.05, 0) is 30.7 Å². The number of carbonyl (C=O) groups is 1. The first-order chi connectivity index (χ1) is 5.52. The molecule has 12 heavy (non-hydrogen) atoms. The van der Waals surface area contributed by atoms with Crippen LogP contribution in [0.15, 0.2) is 12.1 Å². The zero-order valence-corrected chi connectivity index (χ0v) is 7.71. The summed E-state index contributed by atoms with van der Waals surface area (Å²) >= 11 is 10.7. The summed E-state index contributed by atoms with van der Waals surface area (Å²) in [6.45, 7) is 1.53. The van der Waals surface area contributed by atoms with Crippen LogP contribution in [0.25, 0.3) is 0 Å². The van der Waals surface area contributed by atoms with Crippen molar-refractivity contribution in [2.75, 3.05) is 0 Å². The fraction of sp³-hybridized carbons (Fsp3) is 0.125. The van der Waals surface area contributed by atoms with E-state index < -0.39 is 11.1 Å². The average molecular weight is 207 g/mol. The van der Waals surface area contributed by atoms with Gasteiger partial charge in [0.25, 0.3) is 5.24 Å². The van der Waals surface area contributed by atoms with E-state index in [9.17, 15) is 9.18 Å². The Morgan fingerprint density at radius 1 is 1.50 bits per heavy atom. The van der Waals surface area contributed by atoms with Crippen molar-refractivity contribution in [2.45, 2.75) is 6.92 Å². The van der Waals surface area contributed by atoms with E-state index in [2.05, 4.69) is 0 Å². The summed E-state index contributed by atoms with van der Waals surface area (Å²) in [6, 6.07) is 2.41. The van der Waals surface area contributed by atoms with Crippen molar-refractivity contribution in [2.24, 2.45) is 0 Å². The Morgan fingerprint density at radius 3 is 2.50 bits per heavy atom. The molecule has 1 aromatic rings. The third kappa shape index (κ3) is 1.76. The monoisotopic (exact) mass is 206 g/mol. The number of hydrogen-bond acceptors (Lipinski definition) is 1. The van der Waals surface area contributed by atoms with Crippen LogP contribution in [0, 0.1) is 12.7 Å². The minimum absolute atomic E-state index is 0.0739. The second-order valence-electron chi connectivity index (χ2n) is 2.34. The highest BCUT2D eigenvalue weighted by Crippen LogP contribution is 2.21. The molecule has 0 bridgehead atoms. The molecule has 1 aromatic carbocycles. The van der Waals surface area contributed by atoms with Gasteiger partial charge in [-0.3, -0.25) is 4.79 Å². The van der Waals surface area contributed by atoms with Crippen LogP contribution in [0.4, 0.5) is 4.39 Å². The molecule has 4 heteroatoms. The second kappa shape index (κ2) is 3.42. The Bertz CT molecular complexity index is 313. The zero-order chi connectivity index (χ0) is 9.30. The highest BCUT2D eigenvalue weighted by atomic mass is 35.5. The first-order valence-electron chi connectivity index (χ1n) is 3.18. The summed E-state index contributed by atoms with van der Waals surface area (Å²) < 4.78 is 12.9. The maximum absolute atomic E-state index is 12.9. The van der Waals surface area contributed by atoms with Gasteiger partial charge in [0.1, 0.15) is 5.82 Å². The molecule has 0 aromatic heterocycles. The van der Waals surface area contributed by atoms with Gasteiger partial charge in [0.2, 0.25) is 0 Å². The molecule has 0 radical (unpaired) electrons. The molecule has 0 aliphatic carbocycles. The van der Waals surface area contributed by atoms with Crippen LogP contribution in [-0.4, -0.2) is 5.24 Å². The molecule has 1 rings (SSSR count). The van der Waals surface area contributed by atoms with E-state index in [0.717, 1.165) is 6.07 Å². The van der Waals surface area contributed by atoms with Crippen molar-refractivity contribution in [1.82, 2.24) is 0 Å². The van der Waals surface area contributed by atoms with E-state index >= 15 is 0 Å². The van der Waals surface area contributed by atoms with Gasteiger partial charge in [-0.2, -0.15) is 0 Å². The molecular formula is C8H5Cl2FO. The molecule has 0 atom stereocenters. The van der Waals surface area contributed by atoms with Gasteiger partial charge in [-0.25, -0.2) is 4.39 Å². The van der Waals surface area contributed by atoms with Crippen LogP contribution in [0.1, 0.15) is 15.9 Å². The van der Waals surface area contributed by atoms with Gasteiger partial charge in [0, 0.05) is 16.1 Å². The molecule has 0 spiro atoms. The molecule has 0 fully saturated rings. The molecule has 0 saturated carbocycles. The summed E-state index contributed by atoms with van der Waals surface area (Å²) in [5.41, 5.74) is 0.392. The summed E-state index contributed by atoms with van der Waals surface area (Å²) in [6.07, 6.45) is 0. The number of halogens is 3. The van der Waals surface area contributed by atoms with Crippen molar-refractivity contribution in [3.63, 3.8) is 0 Å². The van der Waals surface area contributed by atoms with E-state index in [-0.39, 0.29) is 10.6 Å². The number of benzene rings is 1. The predicted octanol–water partition coefficient (Wildman–Crippen LogP) is 3.17. The Balaban J connectivity index is 3.31.